The molecule has 2 aromatic rings. The fourth-order valence-corrected chi connectivity index (χ4v) is 4.48. The van der Waals surface area contributed by atoms with Crippen molar-refractivity contribution >= 4 is 34.9 Å². The number of benzene rings is 1. The highest BCUT2D eigenvalue weighted by Crippen LogP contribution is 2.39. The minimum absolute atomic E-state index is 0.0152. The lowest BCUT2D eigenvalue weighted by Crippen LogP contribution is -2.42. The Balaban J connectivity index is 1.70. The van der Waals surface area contributed by atoms with Crippen LogP contribution in [0.2, 0.25) is 10.0 Å². The molecule has 4 rings (SSSR count). The van der Waals surface area contributed by atoms with Crippen LogP contribution in [0, 0.1) is 0 Å². The van der Waals surface area contributed by atoms with Crippen LogP contribution < -0.4 is 5.32 Å². The number of allylic oxidation sites excluding steroid dienone is 1. The lowest BCUT2D eigenvalue weighted by Gasteiger charge is -2.33. The number of methoxy groups -OCH3 is 1. The van der Waals surface area contributed by atoms with Crippen LogP contribution in [0.25, 0.3) is 0 Å². The zero-order valence-electron chi connectivity index (χ0n) is 16.9. The van der Waals surface area contributed by atoms with Crippen molar-refractivity contribution in [1.82, 2.24) is 14.7 Å². The van der Waals surface area contributed by atoms with E-state index in [4.69, 9.17) is 32.7 Å². The van der Waals surface area contributed by atoms with Crippen molar-refractivity contribution in [2.24, 2.45) is 0 Å². The van der Waals surface area contributed by atoms with Crippen molar-refractivity contribution in [2.75, 3.05) is 32.4 Å². The van der Waals surface area contributed by atoms with Crippen molar-refractivity contribution in [3.8, 4) is 0 Å². The summed E-state index contributed by atoms with van der Waals surface area (Å²) in [6.07, 6.45) is 3.56. The first-order valence-corrected chi connectivity index (χ1v) is 10.6. The number of hydrogen-bond donors (Lipinski definition) is 1. The number of ether oxygens (including phenoxy) is 2. The molecule has 9 heteroatoms. The van der Waals surface area contributed by atoms with E-state index in [0.29, 0.717) is 28.8 Å². The average molecular weight is 451 g/mol. The molecule has 1 aromatic heterocycles. The van der Waals surface area contributed by atoms with Crippen LogP contribution in [0.4, 0.5) is 5.82 Å². The van der Waals surface area contributed by atoms with E-state index in [1.807, 2.05) is 28.6 Å². The Morgan fingerprint density at radius 2 is 2.13 bits per heavy atom. The van der Waals surface area contributed by atoms with Gasteiger partial charge in [-0.15, -0.1) is 0 Å². The minimum atomic E-state index is -0.403. The van der Waals surface area contributed by atoms with Gasteiger partial charge in [0.25, 0.3) is 5.91 Å². The number of carbonyl (C=O) groups excluding carboxylic acids is 1. The maximum absolute atomic E-state index is 13.8. The summed E-state index contributed by atoms with van der Waals surface area (Å²) in [6.45, 7) is 3.27. The van der Waals surface area contributed by atoms with E-state index in [0.717, 1.165) is 29.9 Å². The molecule has 1 aromatic carbocycles. The molecule has 30 heavy (non-hydrogen) atoms. The number of rotatable bonds is 6. The van der Waals surface area contributed by atoms with E-state index in [1.54, 1.807) is 25.4 Å². The first kappa shape index (κ1) is 21.2. The number of fused-ring (bicyclic) bond motifs is 1. The molecule has 2 unspecified atom stereocenters. The average Bonchev–Trinajstić information content (AvgIpc) is 3.38. The number of nitrogens with one attached hydrogen (secondary N) is 1. The van der Waals surface area contributed by atoms with Crippen LogP contribution in [-0.4, -0.2) is 53.7 Å². The highest BCUT2D eigenvalue weighted by molar-refractivity contribution is 6.42. The van der Waals surface area contributed by atoms with Crippen LogP contribution in [-0.2, 0) is 14.3 Å². The topological polar surface area (TPSA) is 68.6 Å². The van der Waals surface area contributed by atoms with E-state index in [2.05, 4.69) is 10.4 Å². The Labute approximate surface area is 185 Å². The molecule has 3 heterocycles. The van der Waals surface area contributed by atoms with Gasteiger partial charge in [0.1, 0.15) is 18.7 Å². The van der Waals surface area contributed by atoms with E-state index < -0.39 is 6.04 Å². The predicted octanol–water partition coefficient (Wildman–Crippen LogP) is 4.09. The molecule has 0 spiro atoms. The van der Waals surface area contributed by atoms with Gasteiger partial charge in [0.05, 0.1) is 34.5 Å². The summed E-state index contributed by atoms with van der Waals surface area (Å²) in [5.41, 5.74) is 2.29. The monoisotopic (exact) mass is 450 g/mol. The fraction of sp³-hybridized carbons (Fsp3) is 0.429. The number of likely N-dealkylation sites (tertiary alicyclic amines) is 1. The molecule has 1 saturated heterocycles. The number of aromatic nitrogens is 2. The van der Waals surface area contributed by atoms with Gasteiger partial charge in [0.15, 0.2) is 0 Å². The second-order valence-corrected chi connectivity index (χ2v) is 8.29. The van der Waals surface area contributed by atoms with Crippen LogP contribution in [0.1, 0.15) is 31.4 Å². The maximum Gasteiger partial charge on any atom is 0.254 e. The quantitative estimate of drug-likeness (QED) is 0.530. The van der Waals surface area contributed by atoms with Gasteiger partial charge >= 0.3 is 0 Å². The van der Waals surface area contributed by atoms with Gasteiger partial charge in [-0.1, -0.05) is 29.3 Å². The second-order valence-electron chi connectivity index (χ2n) is 7.47. The number of nitrogens with zero attached hydrogens (tertiary/aromatic N) is 3. The molecule has 2 aliphatic heterocycles. The number of amides is 1. The molecular formula is C21H24Cl2N4O3. The molecule has 0 saturated carbocycles. The molecule has 2 atom stereocenters. The first-order chi connectivity index (χ1) is 14.5. The summed E-state index contributed by atoms with van der Waals surface area (Å²) in [5, 5.41) is 8.69. The highest BCUT2D eigenvalue weighted by Gasteiger charge is 2.38. The molecule has 2 aliphatic rings. The number of hydrogen-bond acceptors (Lipinski definition) is 5. The molecule has 160 valence electrons. The molecule has 1 amide bonds. The van der Waals surface area contributed by atoms with Crippen LogP contribution in [0.3, 0.4) is 0 Å². The Morgan fingerprint density at radius 3 is 2.90 bits per heavy atom. The number of anilines is 1. The largest absolute Gasteiger partial charge is 0.359 e. The van der Waals surface area contributed by atoms with Gasteiger partial charge in [-0.05, 0) is 37.5 Å². The fourth-order valence-electron chi connectivity index (χ4n) is 4.17. The summed E-state index contributed by atoms with van der Waals surface area (Å²) < 4.78 is 12.3. The zero-order chi connectivity index (χ0) is 21.3. The smallest absolute Gasteiger partial charge is 0.254 e. The Hall–Kier alpha value is -2.06. The zero-order valence-corrected chi connectivity index (χ0v) is 18.4. The molecule has 0 radical (unpaired) electrons. The normalized spacial score (nSPS) is 21.0. The summed E-state index contributed by atoms with van der Waals surface area (Å²) >= 11 is 12.4. The van der Waals surface area contributed by atoms with E-state index >= 15 is 0 Å². The first-order valence-electron chi connectivity index (χ1n) is 9.85. The van der Waals surface area contributed by atoms with Crippen molar-refractivity contribution in [3.05, 3.63) is 57.3 Å². The Kier molecular flexibility index (Phi) is 6.34. The van der Waals surface area contributed by atoms with Crippen molar-refractivity contribution < 1.29 is 14.3 Å². The second kappa shape index (κ2) is 8.98. The third-order valence-corrected chi connectivity index (χ3v) is 6.29. The van der Waals surface area contributed by atoms with Gasteiger partial charge in [-0.3, -0.25) is 4.79 Å². The van der Waals surface area contributed by atoms with Gasteiger partial charge in [0.2, 0.25) is 0 Å². The number of carbonyl (C=O) groups is 1. The standard InChI is InChI=1S/C21H24Cl2N4O3/c1-13-19(21(28)26-9-3-4-15(26)11-30-12-29-2)20(27-18(25-13)7-8-24-27)14-5-6-16(22)17(23)10-14/h5-8,10,15,20,25H,3-4,9,11-12H2,1-2H3. The van der Waals surface area contributed by atoms with E-state index in [-0.39, 0.29) is 18.7 Å². The predicted molar refractivity (Wildman–Crippen MR) is 116 cm³/mol. The Bertz CT molecular complexity index is 975. The van der Waals surface area contributed by atoms with Crippen molar-refractivity contribution in [1.29, 1.82) is 0 Å². The van der Waals surface area contributed by atoms with Crippen molar-refractivity contribution in [3.63, 3.8) is 0 Å². The third-order valence-electron chi connectivity index (χ3n) is 5.55. The van der Waals surface area contributed by atoms with E-state index in [9.17, 15) is 4.79 Å². The summed E-state index contributed by atoms with van der Waals surface area (Å²) in [5.74, 6) is 0.794. The van der Waals surface area contributed by atoms with Crippen LogP contribution in [0.5, 0.6) is 0 Å². The summed E-state index contributed by atoms with van der Waals surface area (Å²) in [7, 11) is 1.59. The van der Waals surface area contributed by atoms with Crippen molar-refractivity contribution in [2.45, 2.75) is 31.8 Å². The highest BCUT2D eigenvalue weighted by atomic mass is 35.5. The summed E-state index contributed by atoms with van der Waals surface area (Å²) in [6, 6.07) is 6.93. The molecular weight excluding hydrogens is 427 g/mol. The summed E-state index contributed by atoms with van der Waals surface area (Å²) in [4.78, 5) is 15.7. The molecule has 0 bridgehead atoms. The Morgan fingerprint density at radius 1 is 1.30 bits per heavy atom. The molecule has 1 N–H and O–H groups in total. The van der Waals surface area contributed by atoms with Gasteiger partial charge in [-0.2, -0.15) is 5.10 Å². The lowest BCUT2D eigenvalue weighted by molar-refractivity contribution is -0.130. The maximum atomic E-state index is 13.8. The van der Waals surface area contributed by atoms with Gasteiger partial charge in [0, 0.05) is 25.4 Å². The third kappa shape index (κ3) is 3.95. The molecule has 0 aliphatic carbocycles. The SMILES string of the molecule is COCOCC1CCCN1C(=O)C1=C(C)Nc2ccnn2C1c1ccc(Cl)c(Cl)c1. The van der Waals surface area contributed by atoms with Gasteiger partial charge in [-0.25, -0.2) is 4.68 Å². The molecule has 7 nitrogen and oxygen atoms in total. The minimum Gasteiger partial charge on any atom is -0.359 e. The lowest BCUT2D eigenvalue weighted by atomic mass is 9.94. The van der Waals surface area contributed by atoms with Crippen LogP contribution >= 0.6 is 23.2 Å². The molecule has 1 fully saturated rings. The van der Waals surface area contributed by atoms with Gasteiger partial charge < -0.3 is 19.7 Å². The number of halogens is 2. The van der Waals surface area contributed by atoms with E-state index in [1.165, 1.54) is 0 Å². The van der Waals surface area contributed by atoms with Crippen LogP contribution in [0.15, 0.2) is 41.7 Å².